The first-order valence-corrected chi connectivity index (χ1v) is 10.3. The van der Waals surface area contributed by atoms with Gasteiger partial charge in [-0.1, -0.05) is 0 Å². The second-order valence-corrected chi connectivity index (χ2v) is 8.69. The van der Waals surface area contributed by atoms with E-state index >= 15 is 0 Å². The van der Waals surface area contributed by atoms with Crippen molar-refractivity contribution in [2.24, 2.45) is 0 Å². The van der Waals surface area contributed by atoms with Gasteiger partial charge in [-0.3, -0.25) is 4.57 Å². The molecule has 0 radical (unpaired) electrons. The van der Waals surface area contributed by atoms with Crippen molar-refractivity contribution in [3.63, 3.8) is 0 Å². The zero-order valence-corrected chi connectivity index (χ0v) is 16.7. The SMILES string of the molecule is CCOP(=O)(/C=C(\CCCCl)B1OC(C)(C)C(C)(C)O1)OCC. The lowest BCUT2D eigenvalue weighted by atomic mass is 9.77. The van der Waals surface area contributed by atoms with Crippen molar-refractivity contribution in [2.45, 2.75) is 65.6 Å². The van der Waals surface area contributed by atoms with Crippen LogP contribution in [-0.2, 0) is 22.9 Å². The average molecular weight is 367 g/mol. The Bertz CT molecular complexity index is 441. The summed E-state index contributed by atoms with van der Waals surface area (Å²) < 4.78 is 35.6. The first kappa shape index (κ1) is 21.2. The standard InChI is InChI=1S/C15H29BClO5P/c1-7-19-23(18,20-8-2)12-13(10-9-11-17)16-21-14(3,4)15(5,6)22-16/h12H,7-11H2,1-6H3/b13-12+. The molecule has 23 heavy (non-hydrogen) atoms. The van der Waals surface area contributed by atoms with Crippen molar-refractivity contribution in [1.82, 2.24) is 0 Å². The van der Waals surface area contributed by atoms with Gasteiger partial charge in [0.2, 0.25) is 0 Å². The lowest BCUT2D eigenvalue weighted by molar-refractivity contribution is 0.00578. The van der Waals surface area contributed by atoms with Crippen molar-refractivity contribution < 1.29 is 22.9 Å². The second kappa shape index (κ2) is 8.51. The van der Waals surface area contributed by atoms with Gasteiger partial charge in [0.05, 0.1) is 24.4 Å². The molecule has 0 saturated carbocycles. The van der Waals surface area contributed by atoms with Gasteiger partial charge in [0.25, 0.3) is 0 Å². The molecule has 0 bridgehead atoms. The molecule has 0 aromatic rings. The van der Waals surface area contributed by atoms with E-state index in [0.29, 0.717) is 25.5 Å². The first-order valence-electron chi connectivity index (χ1n) is 8.13. The summed E-state index contributed by atoms with van der Waals surface area (Å²) in [6.45, 7) is 12.1. The quantitative estimate of drug-likeness (QED) is 0.334. The molecular weight excluding hydrogens is 337 g/mol. The van der Waals surface area contributed by atoms with Crippen molar-refractivity contribution >= 4 is 26.3 Å². The number of hydrogen-bond acceptors (Lipinski definition) is 5. The molecule has 1 fully saturated rings. The molecule has 0 amide bonds. The lowest BCUT2D eigenvalue weighted by Crippen LogP contribution is -2.41. The van der Waals surface area contributed by atoms with Crippen molar-refractivity contribution in [3.8, 4) is 0 Å². The van der Waals surface area contributed by atoms with Gasteiger partial charge in [-0.15, -0.1) is 11.6 Å². The molecule has 1 aliphatic rings. The third-order valence-corrected chi connectivity index (χ3v) is 6.25. The highest BCUT2D eigenvalue weighted by Crippen LogP contribution is 2.52. The zero-order valence-electron chi connectivity index (χ0n) is 15.1. The van der Waals surface area contributed by atoms with E-state index in [9.17, 15) is 4.57 Å². The minimum absolute atomic E-state index is 0.305. The molecule has 5 nitrogen and oxygen atoms in total. The van der Waals surface area contributed by atoms with Gasteiger partial charge in [0.15, 0.2) is 0 Å². The van der Waals surface area contributed by atoms with Crippen molar-refractivity contribution in [2.75, 3.05) is 19.1 Å². The summed E-state index contributed by atoms with van der Waals surface area (Å²) in [7, 11) is -3.89. The predicted octanol–water partition coefficient (Wildman–Crippen LogP) is 4.79. The third-order valence-electron chi connectivity index (χ3n) is 4.10. The normalized spacial score (nSPS) is 21.0. The molecule has 1 saturated heterocycles. The van der Waals surface area contributed by atoms with Crippen LogP contribution in [0.5, 0.6) is 0 Å². The van der Waals surface area contributed by atoms with Crippen LogP contribution in [-0.4, -0.2) is 37.4 Å². The fourth-order valence-electron chi connectivity index (χ4n) is 2.18. The van der Waals surface area contributed by atoms with Crippen LogP contribution in [0.4, 0.5) is 0 Å². The maximum atomic E-state index is 12.8. The van der Waals surface area contributed by atoms with Crippen molar-refractivity contribution in [3.05, 3.63) is 11.3 Å². The molecule has 0 aliphatic carbocycles. The molecule has 134 valence electrons. The largest absolute Gasteiger partial charge is 0.490 e. The molecule has 0 aromatic carbocycles. The summed E-state index contributed by atoms with van der Waals surface area (Å²) in [6, 6.07) is 0. The summed E-state index contributed by atoms with van der Waals surface area (Å²) in [5.74, 6) is 2.05. The Balaban J connectivity index is 3.09. The van der Waals surface area contributed by atoms with Gasteiger partial charge in [-0.05, 0) is 59.9 Å². The minimum atomic E-state index is -3.32. The zero-order chi connectivity index (χ0) is 17.7. The van der Waals surface area contributed by atoms with E-state index in [0.717, 1.165) is 11.9 Å². The molecule has 1 heterocycles. The predicted molar refractivity (Wildman–Crippen MR) is 95.0 cm³/mol. The molecule has 8 heteroatoms. The van der Waals surface area contributed by atoms with Gasteiger partial charge < -0.3 is 18.4 Å². The second-order valence-electron chi connectivity index (χ2n) is 6.46. The van der Waals surface area contributed by atoms with Gasteiger partial charge in [-0.2, -0.15) is 0 Å². The Morgan fingerprint density at radius 1 is 1.13 bits per heavy atom. The van der Waals surface area contributed by atoms with E-state index in [2.05, 4.69) is 0 Å². The summed E-state index contributed by atoms with van der Waals surface area (Å²) in [5.41, 5.74) is -0.160. The summed E-state index contributed by atoms with van der Waals surface area (Å²) in [5, 5.41) is 0. The number of hydrogen-bond donors (Lipinski definition) is 0. The van der Waals surface area contributed by atoms with Gasteiger partial charge in [0.1, 0.15) is 0 Å². The minimum Gasteiger partial charge on any atom is -0.400 e. The summed E-state index contributed by atoms with van der Waals surface area (Å²) in [6.07, 6.45) is 1.35. The van der Waals surface area contributed by atoms with Crippen LogP contribution in [0.2, 0.25) is 0 Å². The van der Waals surface area contributed by atoms with E-state index in [4.69, 9.17) is 30.0 Å². The van der Waals surface area contributed by atoms with Crippen LogP contribution in [0.25, 0.3) is 0 Å². The molecule has 0 N–H and O–H groups in total. The van der Waals surface area contributed by atoms with Crippen LogP contribution in [0.15, 0.2) is 11.3 Å². The topological polar surface area (TPSA) is 54.0 Å². The third kappa shape index (κ3) is 5.59. The van der Waals surface area contributed by atoms with E-state index in [1.807, 2.05) is 27.7 Å². The highest BCUT2D eigenvalue weighted by molar-refractivity contribution is 7.57. The summed E-state index contributed by atoms with van der Waals surface area (Å²) in [4.78, 5) is 0. The Labute approximate surface area is 145 Å². The Hall–Kier alpha value is 0.165. The maximum Gasteiger partial charge on any atom is 0.490 e. The highest BCUT2D eigenvalue weighted by Gasteiger charge is 2.52. The highest BCUT2D eigenvalue weighted by atomic mass is 35.5. The molecule has 0 aromatic heterocycles. The average Bonchev–Trinajstić information content (AvgIpc) is 2.64. The maximum absolute atomic E-state index is 12.8. The number of allylic oxidation sites excluding steroid dienone is 1. The molecular formula is C15H29BClO5P. The van der Waals surface area contributed by atoms with Gasteiger partial charge in [0, 0.05) is 11.7 Å². The van der Waals surface area contributed by atoms with Gasteiger partial charge >= 0.3 is 14.7 Å². The van der Waals surface area contributed by atoms with Crippen LogP contribution >= 0.6 is 19.2 Å². The van der Waals surface area contributed by atoms with Crippen molar-refractivity contribution in [1.29, 1.82) is 0 Å². The molecule has 1 aliphatic heterocycles. The van der Waals surface area contributed by atoms with Crippen LogP contribution in [0, 0.1) is 0 Å². The lowest BCUT2D eigenvalue weighted by Gasteiger charge is -2.32. The number of halogens is 1. The summed E-state index contributed by atoms with van der Waals surface area (Å²) >= 11 is 5.82. The number of rotatable bonds is 9. The van der Waals surface area contributed by atoms with Crippen LogP contribution in [0.3, 0.4) is 0 Å². The smallest absolute Gasteiger partial charge is 0.400 e. The molecule has 1 rings (SSSR count). The van der Waals surface area contributed by atoms with E-state index in [-0.39, 0.29) is 0 Å². The van der Waals surface area contributed by atoms with Crippen LogP contribution in [0.1, 0.15) is 54.4 Å². The Morgan fingerprint density at radius 2 is 1.61 bits per heavy atom. The molecule has 0 atom stereocenters. The fraction of sp³-hybridized carbons (Fsp3) is 0.867. The van der Waals surface area contributed by atoms with E-state index < -0.39 is 25.9 Å². The molecule has 0 spiro atoms. The van der Waals surface area contributed by atoms with Crippen LogP contribution < -0.4 is 0 Å². The fourth-order valence-corrected chi connectivity index (χ4v) is 3.92. The molecule has 0 unspecified atom stereocenters. The Kier molecular flexibility index (Phi) is 7.84. The van der Waals surface area contributed by atoms with E-state index in [1.54, 1.807) is 19.7 Å². The number of alkyl halides is 1. The first-order chi connectivity index (χ1) is 10.6. The van der Waals surface area contributed by atoms with E-state index in [1.165, 1.54) is 0 Å². The van der Waals surface area contributed by atoms with Gasteiger partial charge in [-0.25, -0.2) is 0 Å². The Morgan fingerprint density at radius 3 is 2.00 bits per heavy atom. The monoisotopic (exact) mass is 366 g/mol.